The number of hydrogen-bond acceptors (Lipinski definition) is 4. The number of rotatable bonds is 5. The van der Waals surface area contributed by atoms with E-state index in [0.29, 0.717) is 32.0 Å². The molecule has 0 unspecified atom stereocenters. The highest BCUT2D eigenvalue weighted by atomic mass is 16.5. The second kappa shape index (κ2) is 10.5. The van der Waals surface area contributed by atoms with Crippen molar-refractivity contribution in [2.75, 3.05) is 32.8 Å². The van der Waals surface area contributed by atoms with Crippen LogP contribution >= 0.6 is 0 Å². The number of carbonyl (C=O) groups excluding carboxylic acids is 2. The molecule has 2 fully saturated rings. The molecule has 2 heterocycles. The Morgan fingerprint density at radius 2 is 2.00 bits per heavy atom. The van der Waals surface area contributed by atoms with Crippen LogP contribution in [-0.4, -0.2) is 60.4 Å². The summed E-state index contributed by atoms with van der Waals surface area (Å²) in [5, 5.41) is 3.02. The van der Waals surface area contributed by atoms with E-state index < -0.39 is 0 Å². The number of benzene rings is 1. The van der Waals surface area contributed by atoms with Crippen LogP contribution in [0, 0.1) is 17.8 Å². The van der Waals surface area contributed by atoms with E-state index in [-0.39, 0.29) is 29.7 Å². The van der Waals surface area contributed by atoms with E-state index in [9.17, 15) is 9.59 Å². The van der Waals surface area contributed by atoms with E-state index in [0.717, 1.165) is 37.4 Å². The molecule has 0 radical (unpaired) electrons. The van der Waals surface area contributed by atoms with Crippen LogP contribution in [0.1, 0.15) is 45.1 Å². The smallest absolute Gasteiger partial charge is 0.236 e. The van der Waals surface area contributed by atoms with E-state index in [1.54, 1.807) is 0 Å². The van der Waals surface area contributed by atoms with Gasteiger partial charge in [-0.15, -0.1) is 0 Å². The first-order valence-electron chi connectivity index (χ1n) is 12.1. The molecule has 6 nitrogen and oxygen atoms in total. The van der Waals surface area contributed by atoms with Crippen molar-refractivity contribution >= 4 is 11.8 Å². The first-order chi connectivity index (χ1) is 15.5. The first-order valence-corrected chi connectivity index (χ1v) is 12.1. The lowest BCUT2D eigenvalue weighted by Crippen LogP contribution is -2.48. The molecule has 0 spiro atoms. The fourth-order valence-electron chi connectivity index (χ4n) is 4.87. The Hall–Kier alpha value is -2.34. The monoisotopic (exact) mass is 439 g/mol. The minimum absolute atomic E-state index is 0.0990. The summed E-state index contributed by atoms with van der Waals surface area (Å²) in [7, 11) is 0. The fraction of sp³-hybridized carbons (Fsp3) is 0.615. The lowest BCUT2D eigenvalue weighted by Gasteiger charge is -2.38. The van der Waals surface area contributed by atoms with E-state index in [4.69, 9.17) is 4.74 Å². The highest BCUT2D eigenvalue weighted by molar-refractivity contribution is 5.79. The summed E-state index contributed by atoms with van der Waals surface area (Å²) in [6.45, 7) is 8.02. The summed E-state index contributed by atoms with van der Waals surface area (Å²) >= 11 is 0. The van der Waals surface area contributed by atoms with Gasteiger partial charge in [0.05, 0.1) is 6.54 Å². The summed E-state index contributed by atoms with van der Waals surface area (Å²) < 4.78 is 6.11. The number of para-hydroxylation sites is 1. The van der Waals surface area contributed by atoms with Crippen molar-refractivity contribution in [1.29, 1.82) is 0 Å². The van der Waals surface area contributed by atoms with Crippen LogP contribution in [0.2, 0.25) is 0 Å². The number of nitrogens with zero attached hydrogens (tertiary/aromatic N) is 2. The molecule has 2 amide bonds. The van der Waals surface area contributed by atoms with Gasteiger partial charge in [0, 0.05) is 44.2 Å². The van der Waals surface area contributed by atoms with E-state index in [1.807, 2.05) is 36.9 Å². The number of hydrogen-bond donors (Lipinski definition) is 1. The maximum Gasteiger partial charge on any atom is 0.236 e. The molecule has 2 aliphatic heterocycles. The molecule has 4 rings (SSSR count). The quantitative estimate of drug-likeness (QED) is 0.716. The van der Waals surface area contributed by atoms with Crippen LogP contribution in [0.4, 0.5) is 0 Å². The van der Waals surface area contributed by atoms with E-state index in [1.165, 1.54) is 12.8 Å². The molecule has 0 aromatic heterocycles. The molecule has 2 bridgehead atoms. The summed E-state index contributed by atoms with van der Waals surface area (Å²) in [5.41, 5.74) is 1.13. The minimum atomic E-state index is 0.0990. The third-order valence-electron chi connectivity index (χ3n) is 6.71. The van der Waals surface area contributed by atoms with Gasteiger partial charge >= 0.3 is 0 Å². The lowest BCUT2D eigenvalue weighted by atomic mass is 9.82. The molecule has 1 aromatic carbocycles. The van der Waals surface area contributed by atoms with E-state index in [2.05, 4.69) is 28.4 Å². The van der Waals surface area contributed by atoms with Gasteiger partial charge in [-0.05, 0) is 56.9 Å². The molecular weight excluding hydrogens is 402 g/mol. The van der Waals surface area contributed by atoms with Gasteiger partial charge in [0.1, 0.15) is 12.4 Å². The first kappa shape index (κ1) is 22.8. The maximum atomic E-state index is 13.3. The molecule has 3 aliphatic rings. The highest BCUT2D eigenvalue weighted by Gasteiger charge is 2.33. The second-order valence-electron chi connectivity index (χ2n) is 9.94. The molecule has 1 aliphatic carbocycles. The number of fused-ring (bicyclic) bond motifs is 3. The van der Waals surface area contributed by atoms with Crippen molar-refractivity contribution in [2.45, 2.75) is 52.1 Å². The van der Waals surface area contributed by atoms with Crippen LogP contribution in [0.25, 0.3) is 0 Å². The molecule has 1 saturated carbocycles. The van der Waals surface area contributed by atoms with Gasteiger partial charge in [0.2, 0.25) is 11.8 Å². The van der Waals surface area contributed by atoms with Crippen molar-refractivity contribution in [2.24, 2.45) is 17.8 Å². The average Bonchev–Trinajstić information content (AvgIpc) is 3.56. The Balaban J connectivity index is 1.52. The van der Waals surface area contributed by atoms with Crippen molar-refractivity contribution in [3.63, 3.8) is 0 Å². The van der Waals surface area contributed by atoms with Gasteiger partial charge in [-0.3, -0.25) is 14.5 Å². The van der Waals surface area contributed by atoms with Crippen molar-refractivity contribution < 1.29 is 14.3 Å². The fourth-order valence-corrected chi connectivity index (χ4v) is 4.87. The second-order valence-corrected chi connectivity index (χ2v) is 9.94. The lowest BCUT2D eigenvalue weighted by molar-refractivity contribution is -0.135. The van der Waals surface area contributed by atoms with Gasteiger partial charge in [-0.1, -0.05) is 30.4 Å². The molecular formula is C26H37N3O3. The SMILES string of the molecule is CC(C)NC(=O)C[C@@H]1CCN2C[C@@H]1C=CCOc1ccccc1CN(CC1CC1)CC2=O. The van der Waals surface area contributed by atoms with Crippen molar-refractivity contribution in [3.8, 4) is 5.75 Å². The summed E-state index contributed by atoms with van der Waals surface area (Å²) in [6, 6.07) is 8.30. The third kappa shape index (κ3) is 6.35. The Morgan fingerprint density at radius 3 is 2.78 bits per heavy atom. The van der Waals surface area contributed by atoms with Gasteiger partial charge in [-0.2, -0.15) is 0 Å². The predicted octanol–water partition coefficient (Wildman–Crippen LogP) is 3.23. The summed E-state index contributed by atoms with van der Waals surface area (Å²) in [6.07, 6.45) is 8.11. The number of ether oxygens (including phenoxy) is 1. The molecule has 174 valence electrons. The normalized spacial score (nSPS) is 24.7. The van der Waals surface area contributed by atoms with Gasteiger partial charge in [-0.25, -0.2) is 0 Å². The molecule has 1 N–H and O–H groups in total. The summed E-state index contributed by atoms with van der Waals surface area (Å²) in [4.78, 5) is 30.0. The number of amides is 2. The zero-order valence-corrected chi connectivity index (χ0v) is 19.5. The zero-order chi connectivity index (χ0) is 22.5. The molecule has 2 atom stereocenters. The van der Waals surface area contributed by atoms with E-state index >= 15 is 0 Å². The van der Waals surface area contributed by atoms with Crippen LogP contribution in [-0.2, 0) is 16.1 Å². The predicted molar refractivity (Wildman–Crippen MR) is 125 cm³/mol. The maximum absolute atomic E-state index is 13.3. The van der Waals surface area contributed by atoms with Crippen LogP contribution in [0.3, 0.4) is 0 Å². The van der Waals surface area contributed by atoms with Gasteiger partial charge < -0.3 is 15.0 Å². The molecule has 32 heavy (non-hydrogen) atoms. The minimum Gasteiger partial charge on any atom is -0.489 e. The molecule has 1 aromatic rings. The summed E-state index contributed by atoms with van der Waals surface area (Å²) in [5.74, 6) is 2.32. The van der Waals surface area contributed by atoms with Crippen LogP contribution < -0.4 is 10.1 Å². The Kier molecular flexibility index (Phi) is 7.51. The van der Waals surface area contributed by atoms with Crippen molar-refractivity contribution in [3.05, 3.63) is 42.0 Å². The number of piperidine rings is 1. The highest BCUT2D eigenvalue weighted by Crippen LogP contribution is 2.32. The zero-order valence-electron chi connectivity index (χ0n) is 19.5. The van der Waals surface area contributed by atoms with Crippen LogP contribution in [0.5, 0.6) is 5.75 Å². The number of nitrogens with one attached hydrogen (secondary N) is 1. The Labute approximate surface area is 192 Å². The molecule has 1 saturated heterocycles. The Morgan fingerprint density at radius 1 is 1.19 bits per heavy atom. The van der Waals surface area contributed by atoms with Gasteiger partial charge in [0.15, 0.2) is 0 Å². The van der Waals surface area contributed by atoms with Crippen LogP contribution in [0.15, 0.2) is 36.4 Å². The molecule has 6 heteroatoms. The number of carbonyl (C=O) groups is 2. The van der Waals surface area contributed by atoms with Gasteiger partial charge in [0.25, 0.3) is 0 Å². The Bertz CT molecular complexity index is 833. The van der Waals surface area contributed by atoms with Crippen molar-refractivity contribution in [1.82, 2.24) is 15.1 Å². The topological polar surface area (TPSA) is 61.9 Å². The largest absolute Gasteiger partial charge is 0.489 e. The third-order valence-corrected chi connectivity index (χ3v) is 6.71. The average molecular weight is 440 g/mol. The standard InChI is InChI=1S/C26H37N3O3/c1-19(2)27-25(30)14-21-11-12-29-17-22(21)7-5-13-32-24-8-4-3-6-23(24)16-28(18-26(29)31)15-20-9-10-20/h3-8,19-22H,9-18H2,1-2H3,(H,27,30)/t21-,22-/m0/s1.